The summed E-state index contributed by atoms with van der Waals surface area (Å²) >= 11 is 1.82. The first-order chi connectivity index (χ1) is 4.84. The van der Waals surface area contributed by atoms with Crippen molar-refractivity contribution in [2.75, 3.05) is 19.3 Å². The second-order valence-electron chi connectivity index (χ2n) is 2.16. The van der Waals surface area contributed by atoms with Gasteiger partial charge in [-0.2, -0.15) is 0 Å². The Morgan fingerprint density at radius 3 is 3.00 bits per heavy atom. The van der Waals surface area contributed by atoms with Gasteiger partial charge in [-0.25, -0.2) is 4.99 Å². The minimum absolute atomic E-state index is 1.13. The molecule has 1 aliphatic heterocycles. The van der Waals surface area contributed by atoms with Crippen LogP contribution in [0, 0.1) is 0 Å². The molecule has 0 unspecified atom stereocenters. The predicted molar refractivity (Wildman–Crippen MR) is 47.3 cm³/mol. The lowest BCUT2D eigenvalue weighted by molar-refractivity contribution is 0.563. The quantitative estimate of drug-likeness (QED) is 0.572. The van der Waals surface area contributed by atoms with Gasteiger partial charge >= 0.3 is 0 Å². The van der Waals surface area contributed by atoms with Gasteiger partial charge in [-0.05, 0) is 6.92 Å². The van der Waals surface area contributed by atoms with E-state index in [2.05, 4.69) is 16.9 Å². The van der Waals surface area contributed by atoms with Crippen molar-refractivity contribution >= 4 is 16.9 Å². The van der Waals surface area contributed by atoms with Crippen LogP contribution in [-0.4, -0.2) is 29.4 Å². The van der Waals surface area contributed by atoms with Crippen molar-refractivity contribution in [3.63, 3.8) is 0 Å². The molecule has 0 aromatic carbocycles. The molecule has 0 aliphatic carbocycles. The Kier molecular flexibility index (Phi) is 2.81. The van der Waals surface area contributed by atoms with E-state index < -0.39 is 0 Å². The number of allylic oxidation sites excluding steroid dienone is 1. The van der Waals surface area contributed by atoms with Gasteiger partial charge in [0.2, 0.25) is 0 Å². The summed E-state index contributed by atoms with van der Waals surface area (Å²) in [6.45, 7) is 3.10. The summed E-state index contributed by atoms with van der Waals surface area (Å²) < 4.78 is 0. The first-order valence-electron chi connectivity index (χ1n) is 3.37. The van der Waals surface area contributed by atoms with E-state index in [1.54, 1.807) is 0 Å². The number of aliphatic imine (C=N–C) groups is 1. The lowest BCUT2D eigenvalue weighted by Gasteiger charge is -2.07. The molecule has 0 radical (unpaired) electrons. The van der Waals surface area contributed by atoms with E-state index >= 15 is 0 Å². The van der Waals surface area contributed by atoms with Crippen LogP contribution in [0.2, 0.25) is 0 Å². The highest BCUT2D eigenvalue weighted by Gasteiger charge is 2.13. The minimum Gasteiger partial charge on any atom is -0.353 e. The van der Waals surface area contributed by atoms with Crippen molar-refractivity contribution in [1.82, 2.24) is 4.90 Å². The smallest absolute Gasteiger partial charge is 0.163 e. The van der Waals surface area contributed by atoms with Gasteiger partial charge in [0.15, 0.2) is 5.17 Å². The second kappa shape index (κ2) is 3.66. The molecule has 0 bridgehead atoms. The Bertz CT molecular complexity index is 163. The maximum atomic E-state index is 4.25. The molecule has 1 heterocycles. The van der Waals surface area contributed by atoms with E-state index in [1.165, 1.54) is 5.75 Å². The molecule has 0 saturated carbocycles. The molecule has 0 N–H and O–H groups in total. The normalized spacial score (nSPS) is 23.4. The molecular formula is C7H12N2S. The zero-order chi connectivity index (χ0) is 7.40. The third kappa shape index (κ3) is 1.77. The molecule has 1 fully saturated rings. The van der Waals surface area contributed by atoms with Gasteiger partial charge in [-0.1, -0.05) is 17.8 Å². The highest BCUT2D eigenvalue weighted by atomic mass is 32.2. The topological polar surface area (TPSA) is 15.6 Å². The maximum Gasteiger partial charge on any atom is 0.163 e. The summed E-state index contributed by atoms with van der Waals surface area (Å²) in [7, 11) is 2.07. The first-order valence-corrected chi connectivity index (χ1v) is 4.36. The molecule has 0 aromatic rings. The van der Waals surface area contributed by atoms with Crippen molar-refractivity contribution in [2.24, 2.45) is 4.99 Å². The lowest BCUT2D eigenvalue weighted by atomic mass is 10.7. The molecule has 0 amide bonds. The molecule has 56 valence electrons. The molecular weight excluding hydrogens is 144 g/mol. The number of amidine groups is 1. The van der Waals surface area contributed by atoms with Crippen LogP contribution < -0.4 is 0 Å². The zero-order valence-electron chi connectivity index (χ0n) is 6.37. The Morgan fingerprint density at radius 1 is 1.70 bits per heavy atom. The Hall–Kier alpha value is -0.440. The van der Waals surface area contributed by atoms with E-state index in [0.29, 0.717) is 0 Å². The predicted octanol–water partition coefficient (Wildman–Crippen LogP) is 1.55. The molecule has 1 aliphatic rings. The molecule has 3 heteroatoms. The molecule has 1 saturated heterocycles. The fraction of sp³-hybridized carbons (Fsp3) is 0.571. The largest absolute Gasteiger partial charge is 0.353 e. The van der Waals surface area contributed by atoms with Gasteiger partial charge in [0.25, 0.3) is 0 Å². The van der Waals surface area contributed by atoms with Crippen molar-refractivity contribution in [2.45, 2.75) is 6.92 Å². The summed E-state index contributed by atoms with van der Waals surface area (Å²) in [6.07, 6.45) is 3.78. The van der Waals surface area contributed by atoms with Crippen LogP contribution >= 0.6 is 11.8 Å². The van der Waals surface area contributed by atoms with Crippen molar-refractivity contribution < 1.29 is 0 Å². The van der Waals surface area contributed by atoms with Gasteiger partial charge in [0.1, 0.15) is 0 Å². The van der Waals surface area contributed by atoms with E-state index in [9.17, 15) is 0 Å². The Morgan fingerprint density at radius 2 is 2.50 bits per heavy atom. The van der Waals surface area contributed by atoms with E-state index in [-0.39, 0.29) is 0 Å². The maximum absolute atomic E-state index is 4.25. The Balaban J connectivity index is 2.53. The highest BCUT2D eigenvalue weighted by molar-refractivity contribution is 8.14. The van der Waals surface area contributed by atoms with Crippen LogP contribution in [0.4, 0.5) is 0 Å². The monoisotopic (exact) mass is 156 g/mol. The van der Waals surface area contributed by atoms with Gasteiger partial charge in [-0.15, -0.1) is 0 Å². The third-order valence-corrected chi connectivity index (χ3v) is 2.38. The number of hydrogen-bond acceptors (Lipinski definition) is 2. The number of rotatable bonds is 1. The molecule has 10 heavy (non-hydrogen) atoms. The van der Waals surface area contributed by atoms with Crippen LogP contribution in [0.15, 0.2) is 17.3 Å². The van der Waals surface area contributed by atoms with E-state index in [4.69, 9.17) is 0 Å². The fourth-order valence-corrected chi connectivity index (χ4v) is 1.75. The Labute approximate surface area is 66.0 Å². The lowest BCUT2D eigenvalue weighted by Crippen LogP contribution is -2.17. The number of hydrogen-bond donors (Lipinski definition) is 0. The molecule has 0 aromatic heterocycles. The zero-order valence-corrected chi connectivity index (χ0v) is 7.19. The number of nitrogens with zero attached hydrogens (tertiary/aromatic N) is 2. The van der Waals surface area contributed by atoms with Crippen LogP contribution in [-0.2, 0) is 0 Å². The summed E-state index contributed by atoms with van der Waals surface area (Å²) in [5.41, 5.74) is 0. The van der Waals surface area contributed by atoms with E-state index in [0.717, 1.165) is 11.7 Å². The molecule has 0 spiro atoms. The summed E-state index contributed by atoms with van der Waals surface area (Å²) in [6, 6.07) is 0. The summed E-state index contributed by atoms with van der Waals surface area (Å²) in [5.74, 6) is 1.17. The van der Waals surface area contributed by atoms with Crippen LogP contribution in [0.25, 0.3) is 0 Å². The highest BCUT2D eigenvalue weighted by Crippen LogP contribution is 2.15. The minimum atomic E-state index is 1.13. The van der Waals surface area contributed by atoms with Crippen LogP contribution in [0.3, 0.4) is 0 Å². The summed E-state index contributed by atoms with van der Waals surface area (Å²) in [5, 5.41) is 1.14. The fourth-order valence-electron chi connectivity index (χ4n) is 0.754. The third-order valence-electron chi connectivity index (χ3n) is 1.32. The molecule has 0 atom stereocenters. The SMILES string of the molecule is C/C=C\N=C1\SCCN1C. The average Bonchev–Trinajstić information content (AvgIpc) is 2.31. The van der Waals surface area contributed by atoms with Gasteiger partial charge < -0.3 is 4.90 Å². The van der Waals surface area contributed by atoms with Gasteiger partial charge in [0, 0.05) is 25.5 Å². The number of thioether (sulfide) groups is 1. The van der Waals surface area contributed by atoms with Crippen molar-refractivity contribution in [1.29, 1.82) is 0 Å². The molecule has 1 rings (SSSR count). The van der Waals surface area contributed by atoms with Gasteiger partial charge in [0.05, 0.1) is 0 Å². The molecule has 2 nitrogen and oxygen atoms in total. The van der Waals surface area contributed by atoms with Crippen molar-refractivity contribution in [3.8, 4) is 0 Å². The van der Waals surface area contributed by atoms with Crippen LogP contribution in [0.1, 0.15) is 6.92 Å². The summed E-state index contributed by atoms with van der Waals surface area (Å²) in [4.78, 5) is 6.42. The van der Waals surface area contributed by atoms with E-state index in [1.807, 2.05) is 31.0 Å². The van der Waals surface area contributed by atoms with Crippen molar-refractivity contribution in [3.05, 3.63) is 12.3 Å². The average molecular weight is 156 g/mol. The van der Waals surface area contributed by atoms with Crippen LogP contribution in [0.5, 0.6) is 0 Å². The van der Waals surface area contributed by atoms with Gasteiger partial charge in [-0.3, -0.25) is 0 Å². The second-order valence-corrected chi connectivity index (χ2v) is 3.23. The first kappa shape index (κ1) is 7.66. The standard InChI is InChI=1S/C7H12N2S/c1-3-4-8-7-9(2)5-6-10-7/h3-4H,5-6H2,1-2H3/b4-3-,8-7+.